The quantitative estimate of drug-likeness (QED) is 0.585. The summed E-state index contributed by atoms with van der Waals surface area (Å²) in [5.41, 5.74) is 4.88. The summed E-state index contributed by atoms with van der Waals surface area (Å²) in [6.45, 7) is 0. The van der Waals surface area contributed by atoms with E-state index in [2.05, 4.69) is 12.1 Å². The van der Waals surface area contributed by atoms with Crippen LogP contribution in [0.2, 0.25) is 0 Å². The maximum Gasteiger partial charge on any atom is 0.0107 e. The maximum atomic E-state index is 2.46. The molecular formula is C11H12S. The molecule has 62 valence electrons. The number of benzene rings is 1. The summed E-state index contributed by atoms with van der Waals surface area (Å²) in [7, 11) is 0. The highest BCUT2D eigenvalue weighted by molar-refractivity contribution is 7.99. The summed E-state index contributed by atoms with van der Waals surface area (Å²) in [5, 5.41) is 0. The summed E-state index contributed by atoms with van der Waals surface area (Å²) >= 11 is 2.03. The molecule has 3 rings (SSSR count). The van der Waals surface area contributed by atoms with Gasteiger partial charge in [0, 0.05) is 10.6 Å². The molecule has 1 heterocycles. The van der Waals surface area contributed by atoms with Gasteiger partial charge in [-0.1, -0.05) is 6.07 Å². The minimum atomic E-state index is 1.30. The van der Waals surface area contributed by atoms with E-state index in [0.29, 0.717) is 0 Å². The largest absolute Gasteiger partial charge is 0.126 e. The molecule has 1 aromatic rings. The second-order valence-electron chi connectivity index (χ2n) is 3.68. The number of hydrogen-bond acceptors (Lipinski definition) is 1. The first-order valence-corrected chi connectivity index (χ1v) is 5.69. The van der Waals surface area contributed by atoms with Crippen molar-refractivity contribution in [2.24, 2.45) is 0 Å². The minimum absolute atomic E-state index is 1.30. The van der Waals surface area contributed by atoms with E-state index in [-0.39, 0.29) is 0 Å². The van der Waals surface area contributed by atoms with Crippen molar-refractivity contribution < 1.29 is 0 Å². The van der Waals surface area contributed by atoms with Crippen LogP contribution < -0.4 is 0 Å². The molecule has 0 fully saturated rings. The molecule has 1 aliphatic heterocycles. The predicted octanol–water partition coefficient (Wildman–Crippen LogP) is 2.82. The Morgan fingerprint density at radius 1 is 0.917 bits per heavy atom. The lowest BCUT2D eigenvalue weighted by Gasteiger charge is -2.02. The monoisotopic (exact) mass is 176 g/mol. The first kappa shape index (κ1) is 7.02. The molecule has 1 aromatic carbocycles. The average Bonchev–Trinajstić information content (AvgIpc) is 2.64. The van der Waals surface area contributed by atoms with Gasteiger partial charge in [0.25, 0.3) is 0 Å². The molecule has 2 aliphatic rings. The van der Waals surface area contributed by atoms with Crippen molar-refractivity contribution in [3.63, 3.8) is 0 Å². The molecule has 0 saturated carbocycles. The molecule has 0 bridgehead atoms. The number of rotatable bonds is 0. The highest BCUT2D eigenvalue weighted by Crippen LogP contribution is 2.36. The van der Waals surface area contributed by atoms with Crippen LogP contribution in [0.15, 0.2) is 17.0 Å². The molecule has 0 amide bonds. The lowest BCUT2D eigenvalue weighted by Crippen LogP contribution is -1.86. The molecule has 0 radical (unpaired) electrons. The number of fused-ring (bicyclic) bond motifs is 2. The average molecular weight is 176 g/mol. The molecule has 0 unspecified atom stereocenters. The van der Waals surface area contributed by atoms with Crippen molar-refractivity contribution in [3.05, 3.63) is 28.8 Å². The lowest BCUT2D eigenvalue weighted by atomic mass is 10.1. The van der Waals surface area contributed by atoms with Crippen LogP contribution >= 0.6 is 11.8 Å². The third-order valence-electron chi connectivity index (χ3n) is 2.90. The highest BCUT2D eigenvalue weighted by atomic mass is 32.2. The zero-order valence-electron chi connectivity index (χ0n) is 7.10. The Bertz CT molecular complexity index is 268. The van der Waals surface area contributed by atoms with E-state index in [1.165, 1.54) is 31.4 Å². The van der Waals surface area contributed by atoms with Gasteiger partial charge in [-0.25, -0.2) is 0 Å². The van der Waals surface area contributed by atoms with Crippen molar-refractivity contribution in [2.45, 2.75) is 30.6 Å². The van der Waals surface area contributed by atoms with Crippen LogP contribution in [0, 0.1) is 0 Å². The third kappa shape index (κ3) is 0.925. The van der Waals surface area contributed by atoms with E-state index >= 15 is 0 Å². The fourth-order valence-corrected chi connectivity index (χ4v) is 3.37. The minimum Gasteiger partial charge on any atom is -0.126 e. The molecule has 1 heteroatoms. The first-order valence-electron chi connectivity index (χ1n) is 4.71. The number of hydrogen-bond donors (Lipinski definition) is 0. The van der Waals surface area contributed by atoms with Crippen LogP contribution in [-0.2, 0) is 19.3 Å². The van der Waals surface area contributed by atoms with Crippen LogP contribution in [0.1, 0.15) is 23.1 Å². The Balaban J connectivity index is 2.18. The van der Waals surface area contributed by atoms with Crippen molar-refractivity contribution in [3.8, 4) is 0 Å². The first-order chi connectivity index (χ1) is 5.93. The number of aryl methyl sites for hydroxylation is 3. The molecule has 0 nitrogen and oxygen atoms in total. The Kier molecular flexibility index (Phi) is 1.48. The van der Waals surface area contributed by atoms with Gasteiger partial charge in [0.1, 0.15) is 0 Å². The summed E-state index contributed by atoms with van der Waals surface area (Å²) in [4.78, 5) is 1.57. The van der Waals surface area contributed by atoms with Gasteiger partial charge >= 0.3 is 0 Å². The molecular weight excluding hydrogens is 164 g/mol. The van der Waals surface area contributed by atoms with Crippen molar-refractivity contribution in [2.75, 3.05) is 5.75 Å². The second-order valence-corrected chi connectivity index (χ2v) is 4.82. The zero-order chi connectivity index (χ0) is 7.97. The normalized spacial score (nSPS) is 19.3. The van der Waals surface area contributed by atoms with Crippen LogP contribution in [0.25, 0.3) is 0 Å². The van der Waals surface area contributed by atoms with E-state index in [9.17, 15) is 0 Å². The van der Waals surface area contributed by atoms with Gasteiger partial charge in [-0.3, -0.25) is 0 Å². The summed E-state index contributed by atoms with van der Waals surface area (Å²) in [6, 6.07) is 4.90. The SMILES string of the molecule is c1c2c(cc3c1CCS3)CCC2. The topological polar surface area (TPSA) is 0 Å². The van der Waals surface area contributed by atoms with Gasteiger partial charge in [-0.2, -0.15) is 0 Å². The molecule has 12 heavy (non-hydrogen) atoms. The van der Waals surface area contributed by atoms with Gasteiger partial charge in [-0.15, -0.1) is 11.8 Å². The van der Waals surface area contributed by atoms with Crippen LogP contribution in [0.5, 0.6) is 0 Å². The maximum absolute atomic E-state index is 2.46. The third-order valence-corrected chi connectivity index (χ3v) is 4.00. The zero-order valence-corrected chi connectivity index (χ0v) is 7.91. The predicted molar refractivity (Wildman–Crippen MR) is 52.9 cm³/mol. The van der Waals surface area contributed by atoms with Crippen molar-refractivity contribution in [1.29, 1.82) is 0 Å². The van der Waals surface area contributed by atoms with Gasteiger partial charge in [0.05, 0.1) is 0 Å². The van der Waals surface area contributed by atoms with Crippen molar-refractivity contribution in [1.82, 2.24) is 0 Å². The molecule has 0 aromatic heterocycles. The molecule has 0 N–H and O–H groups in total. The summed E-state index contributed by atoms with van der Waals surface area (Å²) in [6.07, 6.45) is 5.33. The van der Waals surface area contributed by atoms with Crippen LogP contribution in [0.4, 0.5) is 0 Å². The van der Waals surface area contributed by atoms with Gasteiger partial charge < -0.3 is 0 Å². The Morgan fingerprint density at radius 2 is 1.75 bits per heavy atom. The molecule has 0 atom stereocenters. The Morgan fingerprint density at radius 3 is 2.67 bits per heavy atom. The summed E-state index contributed by atoms with van der Waals surface area (Å²) < 4.78 is 0. The Hall–Kier alpha value is -0.430. The van der Waals surface area contributed by atoms with Crippen LogP contribution in [-0.4, -0.2) is 5.75 Å². The highest BCUT2D eigenvalue weighted by Gasteiger charge is 2.17. The lowest BCUT2D eigenvalue weighted by molar-refractivity contribution is 0.911. The van der Waals surface area contributed by atoms with Gasteiger partial charge in [-0.05, 0) is 48.4 Å². The molecule has 1 aliphatic carbocycles. The molecule has 0 saturated heterocycles. The standard InChI is InChI=1S/C11H12S/c1-2-8-6-10-4-5-12-11(10)7-9(8)3-1/h6-7H,1-5H2. The second kappa shape index (κ2) is 2.53. The van der Waals surface area contributed by atoms with Crippen molar-refractivity contribution >= 4 is 11.8 Å². The summed E-state index contributed by atoms with van der Waals surface area (Å²) in [5.74, 6) is 1.30. The number of thioether (sulfide) groups is 1. The Labute approximate surface area is 77.4 Å². The fraction of sp³-hybridized carbons (Fsp3) is 0.455. The van der Waals surface area contributed by atoms with E-state index in [1.54, 1.807) is 21.6 Å². The van der Waals surface area contributed by atoms with Crippen LogP contribution in [0.3, 0.4) is 0 Å². The van der Waals surface area contributed by atoms with Gasteiger partial charge in [0.15, 0.2) is 0 Å². The van der Waals surface area contributed by atoms with E-state index in [4.69, 9.17) is 0 Å². The molecule has 0 spiro atoms. The fourth-order valence-electron chi connectivity index (χ4n) is 2.25. The van der Waals surface area contributed by atoms with E-state index in [0.717, 1.165) is 0 Å². The van der Waals surface area contributed by atoms with Gasteiger partial charge in [0.2, 0.25) is 0 Å². The van der Waals surface area contributed by atoms with E-state index < -0.39 is 0 Å². The van der Waals surface area contributed by atoms with E-state index in [1.807, 2.05) is 11.8 Å². The smallest absolute Gasteiger partial charge is 0.0107 e.